The molecule has 0 aliphatic carbocycles. The third-order valence-electron chi connectivity index (χ3n) is 3.62. The van der Waals surface area contributed by atoms with E-state index in [0.29, 0.717) is 27.7 Å². The molecule has 136 valence electrons. The van der Waals surface area contributed by atoms with Crippen molar-refractivity contribution in [3.05, 3.63) is 47.3 Å². The van der Waals surface area contributed by atoms with Crippen LogP contribution in [0.4, 0.5) is 4.79 Å². The van der Waals surface area contributed by atoms with Gasteiger partial charge in [-0.05, 0) is 32.0 Å². The lowest BCUT2D eigenvalue weighted by Crippen LogP contribution is -2.34. The van der Waals surface area contributed by atoms with E-state index in [0.717, 1.165) is 5.56 Å². The van der Waals surface area contributed by atoms with Crippen LogP contribution < -0.4 is 5.32 Å². The van der Waals surface area contributed by atoms with Gasteiger partial charge in [0.05, 0.1) is 11.3 Å². The van der Waals surface area contributed by atoms with Crippen molar-refractivity contribution in [1.82, 2.24) is 20.3 Å². The molecule has 0 atom stereocenters. The number of methoxy groups -OCH3 is 1. The molecule has 2 heterocycles. The van der Waals surface area contributed by atoms with E-state index in [1.165, 1.54) is 4.68 Å². The fraction of sp³-hybridized carbons (Fsp3) is 0.278. The number of amides is 1. The van der Waals surface area contributed by atoms with Gasteiger partial charge in [0.1, 0.15) is 12.3 Å². The molecule has 7 nitrogen and oxygen atoms in total. The molecule has 0 fully saturated rings. The summed E-state index contributed by atoms with van der Waals surface area (Å²) in [5, 5.41) is 12.0. The van der Waals surface area contributed by atoms with Crippen LogP contribution in [0.5, 0.6) is 0 Å². The maximum absolute atomic E-state index is 12.2. The zero-order valence-electron chi connectivity index (χ0n) is 14.7. The molecule has 1 amide bonds. The Kier molecular flexibility index (Phi) is 5.39. The first-order chi connectivity index (χ1) is 12.5. The molecular formula is C18H19ClN4O3. The van der Waals surface area contributed by atoms with Crippen LogP contribution in [0.2, 0.25) is 5.02 Å². The second kappa shape index (κ2) is 7.72. The predicted molar refractivity (Wildman–Crippen MR) is 97.9 cm³/mol. The van der Waals surface area contributed by atoms with E-state index in [-0.39, 0.29) is 18.7 Å². The highest BCUT2D eigenvalue weighted by molar-refractivity contribution is 6.30. The van der Waals surface area contributed by atoms with Crippen LogP contribution in [0.15, 0.2) is 41.1 Å². The Bertz CT molecular complexity index is 900. The van der Waals surface area contributed by atoms with Gasteiger partial charge in [-0.3, -0.25) is 0 Å². The highest BCUT2D eigenvalue weighted by Crippen LogP contribution is 2.34. The summed E-state index contributed by atoms with van der Waals surface area (Å²) in [5.41, 5.74) is 2.70. The number of ether oxygens (including phenoxy) is 1. The topological polar surface area (TPSA) is 82.2 Å². The third kappa shape index (κ3) is 3.79. The van der Waals surface area contributed by atoms with E-state index >= 15 is 0 Å². The number of halogens is 1. The molecule has 0 aliphatic rings. The Morgan fingerprint density at radius 2 is 2.04 bits per heavy atom. The minimum absolute atomic E-state index is 0.0134. The Morgan fingerprint density at radius 1 is 1.31 bits per heavy atom. The molecule has 0 radical (unpaired) electrons. The fourth-order valence-corrected chi connectivity index (χ4v) is 2.63. The van der Waals surface area contributed by atoms with E-state index in [9.17, 15) is 4.79 Å². The van der Waals surface area contributed by atoms with Crippen molar-refractivity contribution in [1.29, 1.82) is 0 Å². The van der Waals surface area contributed by atoms with Crippen LogP contribution in [0.3, 0.4) is 0 Å². The van der Waals surface area contributed by atoms with Crippen LogP contribution in [0.1, 0.15) is 19.6 Å². The van der Waals surface area contributed by atoms with Gasteiger partial charge in [0.25, 0.3) is 0 Å². The van der Waals surface area contributed by atoms with Gasteiger partial charge < -0.3 is 14.6 Å². The van der Waals surface area contributed by atoms with Gasteiger partial charge >= 0.3 is 6.03 Å². The number of aromatic nitrogens is 3. The van der Waals surface area contributed by atoms with Gasteiger partial charge in [0.2, 0.25) is 0 Å². The first kappa shape index (κ1) is 18.2. The lowest BCUT2D eigenvalue weighted by molar-refractivity contribution is 0.156. The number of nitrogens with one attached hydrogen (secondary N) is 1. The third-order valence-corrected chi connectivity index (χ3v) is 3.87. The average Bonchev–Trinajstić information content (AvgIpc) is 3.22. The summed E-state index contributed by atoms with van der Waals surface area (Å²) < 4.78 is 11.9. The largest absolute Gasteiger partial charge is 0.377 e. The fourth-order valence-electron chi connectivity index (χ4n) is 2.51. The second-order valence-corrected chi connectivity index (χ2v) is 6.46. The minimum atomic E-state index is -0.302. The molecule has 3 aromatic rings. The number of hydrogen-bond donors (Lipinski definition) is 1. The summed E-state index contributed by atoms with van der Waals surface area (Å²) >= 11 is 5.97. The number of carbonyl (C=O) groups is 1. The highest BCUT2D eigenvalue weighted by Gasteiger charge is 2.22. The van der Waals surface area contributed by atoms with Crippen LogP contribution in [-0.2, 0) is 11.3 Å². The first-order valence-electron chi connectivity index (χ1n) is 8.10. The van der Waals surface area contributed by atoms with E-state index in [1.807, 2.05) is 26.0 Å². The van der Waals surface area contributed by atoms with Gasteiger partial charge in [0.15, 0.2) is 5.76 Å². The summed E-state index contributed by atoms with van der Waals surface area (Å²) in [5.74, 6) is 0.534. The molecule has 3 rings (SSSR count). The van der Waals surface area contributed by atoms with Crippen LogP contribution in [-0.4, -0.2) is 34.1 Å². The zero-order chi connectivity index (χ0) is 18.7. The summed E-state index contributed by atoms with van der Waals surface area (Å²) in [6.07, 6.45) is 1.60. The molecule has 1 N–H and O–H groups in total. The molecular weight excluding hydrogens is 356 g/mol. The van der Waals surface area contributed by atoms with Crippen LogP contribution in [0.25, 0.3) is 22.5 Å². The summed E-state index contributed by atoms with van der Waals surface area (Å²) in [6, 6.07) is 8.71. The molecule has 2 aromatic heterocycles. The summed E-state index contributed by atoms with van der Waals surface area (Å²) in [6.45, 7) is 4.01. The lowest BCUT2D eigenvalue weighted by atomic mass is 10.0. The van der Waals surface area contributed by atoms with Crippen molar-refractivity contribution < 1.29 is 14.1 Å². The molecule has 0 aliphatic heterocycles. The molecule has 26 heavy (non-hydrogen) atoms. The SMILES string of the molecule is COCc1onc(-c2ccc(Cl)cc2)c1-c1ccn(C(=O)NC(C)C)n1. The number of carbonyl (C=O) groups excluding carboxylic acids is 1. The van der Waals surface area contributed by atoms with E-state index in [4.69, 9.17) is 20.9 Å². The Hall–Kier alpha value is -2.64. The molecule has 1 aromatic carbocycles. The minimum Gasteiger partial charge on any atom is -0.377 e. The van der Waals surface area contributed by atoms with Crippen molar-refractivity contribution >= 4 is 17.6 Å². The second-order valence-electron chi connectivity index (χ2n) is 6.02. The maximum Gasteiger partial charge on any atom is 0.342 e. The monoisotopic (exact) mass is 374 g/mol. The Balaban J connectivity index is 2.03. The number of nitrogens with zero attached hydrogens (tertiary/aromatic N) is 3. The molecule has 0 saturated carbocycles. The Labute approximate surface area is 155 Å². The van der Waals surface area contributed by atoms with Crippen molar-refractivity contribution in [2.24, 2.45) is 0 Å². The van der Waals surface area contributed by atoms with Crippen molar-refractivity contribution in [2.75, 3.05) is 7.11 Å². The highest BCUT2D eigenvalue weighted by atomic mass is 35.5. The Morgan fingerprint density at radius 3 is 2.69 bits per heavy atom. The zero-order valence-corrected chi connectivity index (χ0v) is 15.4. The van der Waals surface area contributed by atoms with Crippen molar-refractivity contribution in [3.63, 3.8) is 0 Å². The van der Waals surface area contributed by atoms with Gasteiger partial charge in [-0.15, -0.1) is 0 Å². The number of benzene rings is 1. The van der Waals surface area contributed by atoms with E-state index in [1.54, 1.807) is 31.5 Å². The number of rotatable bonds is 5. The van der Waals surface area contributed by atoms with Gasteiger partial charge in [-0.2, -0.15) is 9.78 Å². The number of hydrogen-bond acceptors (Lipinski definition) is 5. The molecule has 0 saturated heterocycles. The standard InChI is InChI=1S/C18H19ClN4O3/c1-11(2)20-18(24)23-9-8-14(21-23)16-15(10-25-3)26-22-17(16)12-4-6-13(19)7-5-12/h4-9,11H,10H2,1-3H3,(H,20,24). The van der Waals surface area contributed by atoms with E-state index in [2.05, 4.69) is 15.6 Å². The van der Waals surface area contributed by atoms with Crippen LogP contribution >= 0.6 is 11.6 Å². The van der Waals surface area contributed by atoms with Gasteiger partial charge in [-0.1, -0.05) is 28.9 Å². The van der Waals surface area contributed by atoms with Crippen LogP contribution in [0, 0.1) is 0 Å². The normalized spacial score (nSPS) is 11.1. The van der Waals surface area contributed by atoms with E-state index < -0.39 is 0 Å². The van der Waals surface area contributed by atoms with Gasteiger partial charge in [0, 0.05) is 29.9 Å². The summed E-state index contributed by atoms with van der Waals surface area (Å²) in [7, 11) is 1.57. The predicted octanol–water partition coefficient (Wildman–Crippen LogP) is 3.97. The molecule has 0 bridgehead atoms. The molecule has 0 unspecified atom stereocenters. The van der Waals surface area contributed by atoms with Gasteiger partial charge in [-0.25, -0.2) is 4.79 Å². The van der Waals surface area contributed by atoms with Crippen molar-refractivity contribution in [2.45, 2.75) is 26.5 Å². The quantitative estimate of drug-likeness (QED) is 0.730. The first-order valence-corrected chi connectivity index (χ1v) is 8.47. The smallest absolute Gasteiger partial charge is 0.342 e. The lowest BCUT2D eigenvalue weighted by Gasteiger charge is -2.07. The molecule has 8 heteroatoms. The maximum atomic E-state index is 12.2. The molecule has 0 spiro atoms. The van der Waals surface area contributed by atoms with Crippen molar-refractivity contribution in [3.8, 4) is 22.5 Å². The average molecular weight is 375 g/mol. The summed E-state index contributed by atoms with van der Waals surface area (Å²) in [4.78, 5) is 12.2.